The Hall–Kier alpha value is -1.38. The first kappa shape index (κ1) is 22.8. The SMILES string of the molecule is CCCCCCC1CCC2C(C3CCC(c4ccc(OCC)c(F)c4F)CC3)=CCC12. The molecule has 0 spiro atoms. The Kier molecular flexibility index (Phi) is 7.72. The van der Waals surface area contributed by atoms with Crippen LogP contribution in [0, 0.1) is 35.3 Å². The van der Waals surface area contributed by atoms with Crippen LogP contribution in [0.3, 0.4) is 0 Å². The van der Waals surface area contributed by atoms with Gasteiger partial charge in [-0.25, -0.2) is 4.39 Å². The Bertz CT molecular complexity index is 763. The molecule has 3 aliphatic carbocycles. The molecule has 4 rings (SSSR count). The van der Waals surface area contributed by atoms with Crippen molar-refractivity contribution < 1.29 is 13.5 Å². The molecular formula is C28H40F2O. The second kappa shape index (κ2) is 10.5. The molecule has 3 heteroatoms. The van der Waals surface area contributed by atoms with Crippen LogP contribution in [0.2, 0.25) is 0 Å². The van der Waals surface area contributed by atoms with Gasteiger partial charge in [0.05, 0.1) is 6.61 Å². The van der Waals surface area contributed by atoms with Gasteiger partial charge in [0.15, 0.2) is 11.6 Å². The van der Waals surface area contributed by atoms with E-state index in [4.69, 9.17) is 4.74 Å². The highest BCUT2D eigenvalue weighted by atomic mass is 19.2. The number of hydrogen-bond donors (Lipinski definition) is 0. The van der Waals surface area contributed by atoms with Crippen molar-refractivity contribution in [3.8, 4) is 5.75 Å². The minimum atomic E-state index is -0.821. The maximum atomic E-state index is 14.7. The Morgan fingerprint density at radius 2 is 1.65 bits per heavy atom. The topological polar surface area (TPSA) is 9.23 Å². The molecule has 3 unspecified atom stereocenters. The lowest BCUT2D eigenvalue weighted by atomic mass is 9.73. The predicted octanol–water partition coefficient (Wildman–Crippen LogP) is 8.58. The minimum absolute atomic E-state index is 0.0325. The highest BCUT2D eigenvalue weighted by Crippen LogP contribution is 2.54. The highest BCUT2D eigenvalue weighted by molar-refractivity contribution is 5.33. The standard InChI is InChI=1S/C28H40F2O/c1-3-5-6-7-8-19-13-14-25-22(19)15-16-23(25)20-9-11-21(12-10-20)24-17-18-26(31-4-2)28(30)27(24)29/h16-22,25H,3-15H2,1-2H3. The molecule has 3 aliphatic rings. The summed E-state index contributed by atoms with van der Waals surface area (Å²) in [5, 5.41) is 0. The molecule has 0 heterocycles. The number of benzene rings is 1. The third-order valence-electron chi connectivity index (χ3n) is 8.47. The van der Waals surface area contributed by atoms with Crippen molar-refractivity contribution in [2.75, 3.05) is 6.61 Å². The number of unbranched alkanes of at least 4 members (excludes halogenated alkanes) is 3. The lowest BCUT2D eigenvalue weighted by Crippen LogP contribution is -2.20. The van der Waals surface area contributed by atoms with E-state index in [2.05, 4.69) is 13.0 Å². The van der Waals surface area contributed by atoms with Gasteiger partial charge in [-0.15, -0.1) is 0 Å². The van der Waals surface area contributed by atoms with Crippen LogP contribution in [0.1, 0.15) is 102 Å². The Balaban J connectivity index is 1.31. The summed E-state index contributed by atoms with van der Waals surface area (Å²) in [7, 11) is 0. The van der Waals surface area contributed by atoms with Gasteiger partial charge in [-0.3, -0.25) is 0 Å². The molecule has 1 aromatic rings. The number of fused-ring (bicyclic) bond motifs is 1. The zero-order valence-corrected chi connectivity index (χ0v) is 19.5. The second-order valence-electron chi connectivity index (χ2n) is 10.2. The largest absolute Gasteiger partial charge is 0.491 e. The first-order valence-electron chi connectivity index (χ1n) is 12.9. The summed E-state index contributed by atoms with van der Waals surface area (Å²) < 4.78 is 34.2. The summed E-state index contributed by atoms with van der Waals surface area (Å²) in [5.74, 6) is 1.96. The van der Waals surface area contributed by atoms with E-state index in [-0.39, 0.29) is 11.7 Å². The molecule has 0 aliphatic heterocycles. The summed E-state index contributed by atoms with van der Waals surface area (Å²) >= 11 is 0. The van der Waals surface area contributed by atoms with Crippen LogP contribution in [0.25, 0.3) is 0 Å². The van der Waals surface area contributed by atoms with Gasteiger partial charge in [-0.2, -0.15) is 4.39 Å². The summed E-state index contributed by atoms with van der Waals surface area (Å²) in [6.45, 7) is 4.42. The fraction of sp³-hybridized carbons (Fsp3) is 0.714. The molecule has 2 fully saturated rings. The molecule has 172 valence electrons. The van der Waals surface area contributed by atoms with Crippen LogP contribution in [0.5, 0.6) is 5.75 Å². The van der Waals surface area contributed by atoms with Gasteiger partial charge in [0, 0.05) is 0 Å². The summed E-state index contributed by atoms with van der Waals surface area (Å²) in [4.78, 5) is 0. The number of rotatable bonds is 9. The molecule has 31 heavy (non-hydrogen) atoms. The van der Waals surface area contributed by atoms with Gasteiger partial charge >= 0.3 is 0 Å². The van der Waals surface area contributed by atoms with E-state index < -0.39 is 11.6 Å². The van der Waals surface area contributed by atoms with Crippen LogP contribution >= 0.6 is 0 Å². The molecule has 2 saturated carbocycles. The third kappa shape index (κ3) is 4.86. The van der Waals surface area contributed by atoms with Crippen molar-refractivity contribution in [1.29, 1.82) is 0 Å². The van der Waals surface area contributed by atoms with E-state index in [0.29, 0.717) is 18.1 Å². The van der Waals surface area contributed by atoms with E-state index in [1.54, 1.807) is 24.6 Å². The first-order chi connectivity index (χ1) is 15.1. The Morgan fingerprint density at radius 1 is 0.871 bits per heavy atom. The average molecular weight is 431 g/mol. The third-order valence-corrected chi connectivity index (χ3v) is 8.47. The van der Waals surface area contributed by atoms with E-state index in [0.717, 1.165) is 43.4 Å². The molecule has 1 nitrogen and oxygen atoms in total. The zero-order chi connectivity index (χ0) is 21.8. The van der Waals surface area contributed by atoms with E-state index in [1.807, 2.05) is 0 Å². The van der Waals surface area contributed by atoms with E-state index in [9.17, 15) is 8.78 Å². The normalized spacial score (nSPS) is 30.3. The van der Waals surface area contributed by atoms with Gasteiger partial charge in [-0.05, 0) is 93.1 Å². The van der Waals surface area contributed by atoms with E-state index in [1.165, 1.54) is 51.4 Å². The van der Waals surface area contributed by atoms with Crippen molar-refractivity contribution in [2.45, 2.75) is 96.8 Å². The summed E-state index contributed by atoms with van der Waals surface area (Å²) in [6.07, 6.45) is 17.8. The lowest BCUT2D eigenvalue weighted by Gasteiger charge is -2.32. The second-order valence-corrected chi connectivity index (χ2v) is 10.2. The van der Waals surface area contributed by atoms with Crippen molar-refractivity contribution in [1.82, 2.24) is 0 Å². The van der Waals surface area contributed by atoms with Crippen LogP contribution in [0.4, 0.5) is 8.78 Å². The molecule has 0 radical (unpaired) electrons. The van der Waals surface area contributed by atoms with Crippen molar-refractivity contribution in [3.05, 3.63) is 41.0 Å². The van der Waals surface area contributed by atoms with E-state index >= 15 is 0 Å². The average Bonchev–Trinajstić information content (AvgIpc) is 3.38. The molecule has 3 atom stereocenters. The molecule has 0 N–H and O–H groups in total. The summed E-state index contributed by atoms with van der Waals surface area (Å²) in [6, 6.07) is 3.35. The molecule has 1 aromatic carbocycles. The van der Waals surface area contributed by atoms with Crippen LogP contribution in [-0.2, 0) is 0 Å². The van der Waals surface area contributed by atoms with Crippen LogP contribution in [-0.4, -0.2) is 6.61 Å². The maximum Gasteiger partial charge on any atom is 0.200 e. The Morgan fingerprint density at radius 3 is 2.39 bits per heavy atom. The van der Waals surface area contributed by atoms with Gasteiger partial charge in [-0.1, -0.05) is 56.7 Å². The molecule has 0 amide bonds. The van der Waals surface area contributed by atoms with Crippen molar-refractivity contribution in [3.63, 3.8) is 0 Å². The lowest BCUT2D eigenvalue weighted by molar-refractivity contribution is 0.296. The van der Waals surface area contributed by atoms with Gasteiger partial charge in [0.1, 0.15) is 0 Å². The molecular weight excluding hydrogens is 390 g/mol. The minimum Gasteiger partial charge on any atom is -0.491 e. The number of ether oxygens (including phenoxy) is 1. The maximum absolute atomic E-state index is 14.7. The smallest absolute Gasteiger partial charge is 0.200 e. The van der Waals surface area contributed by atoms with Gasteiger partial charge < -0.3 is 4.74 Å². The molecule has 0 aromatic heterocycles. The first-order valence-corrected chi connectivity index (χ1v) is 12.9. The van der Waals surface area contributed by atoms with Crippen molar-refractivity contribution >= 4 is 0 Å². The van der Waals surface area contributed by atoms with Crippen molar-refractivity contribution in [2.24, 2.45) is 23.7 Å². The number of halogens is 2. The van der Waals surface area contributed by atoms with Crippen LogP contribution < -0.4 is 4.74 Å². The summed E-state index contributed by atoms with van der Waals surface area (Å²) in [5.41, 5.74) is 2.28. The Labute approximate surface area is 187 Å². The van der Waals surface area contributed by atoms with Gasteiger partial charge in [0.2, 0.25) is 5.82 Å². The molecule has 0 bridgehead atoms. The fourth-order valence-electron chi connectivity index (χ4n) is 6.87. The molecule has 0 saturated heterocycles. The zero-order valence-electron chi connectivity index (χ0n) is 19.5. The van der Waals surface area contributed by atoms with Gasteiger partial charge in [0.25, 0.3) is 0 Å². The predicted molar refractivity (Wildman–Crippen MR) is 123 cm³/mol. The quantitative estimate of drug-likeness (QED) is 0.281. The van der Waals surface area contributed by atoms with Crippen LogP contribution in [0.15, 0.2) is 23.8 Å². The monoisotopic (exact) mass is 430 g/mol. The fourth-order valence-corrected chi connectivity index (χ4v) is 6.87. The highest BCUT2D eigenvalue weighted by Gasteiger charge is 2.42. The number of allylic oxidation sites excluding steroid dienone is 2. The number of hydrogen-bond acceptors (Lipinski definition) is 1.